The van der Waals surface area contributed by atoms with Gasteiger partial charge < -0.3 is 44.8 Å². The van der Waals surface area contributed by atoms with Crippen LogP contribution in [0.1, 0.15) is 106 Å². The first kappa shape index (κ1) is 43.3. The largest absolute Gasteiger partial charge is 0.459 e. The molecule has 1 saturated carbocycles. The van der Waals surface area contributed by atoms with Gasteiger partial charge in [-0.2, -0.15) is 0 Å². The summed E-state index contributed by atoms with van der Waals surface area (Å²) in [5.74, 6) is -1.07. The molecule has 13 nitrogen and oxygen atoms in total. The molecule has 0 aromatic carbocycles. The number of methoxy groups -OCH3 is 1. The highest BCUT2D eigenvalue weighted by Gasteiger charge is 2.50. The number of aliphatic hydroxyl groups excluding tert-OH is 2. The summed E-state index contributed by atoms with van der Waals surface area (Å²) in [5, 5.41) is 39.7. The molecule has 2 saturated heterocycles. The molecule has 12 atom stereocenters. The Hall–Kier alpha value is -2.15. The van der Waals surface area contributed by atoms with E-state index in [2.05, 4.69) is 11.1 Å². The van der Waals surface area contributed by atoms with E-state index in [-0.39, 0.29) is 43.6 Å². The van der Waals surface area contributed by atoms with Crippen LogP contribution in [0.4, 0.5) is 0 Å². The second kappa shape index (κ2) is 18.7. The van der Waals surface area contributed by atoms with Crippen molar-refractivity contribution in [3.63, 3.8) is 0 Å². The van der Waals surface area contributed by atoms with Crippen LogP contribution < -0.4 is 5.73 Å². The van der Waals surface area contributed by atoms with E-state index < -0.39 is 71.4 Å². The Morgan fingerprint density at radius 2 is 1.76 bits per heavy atom. The van der Waals surface area contributed by atoms with Gasteiger partial charge in [-0.15, -0.1) is 12.3 Å². The Morgan fingerprint density at radius 3 is 2.35 bits per heavy atom. The molecule has 5 N–H and O–H groups in total. The van der Waals surface area contributed by atoms with E-state index in [1.165, 1.54) is 21.0 Å². The molecule has 2 aliphatic heterocycles. The van der Waals surface area contributed by atoms with Crippen LogP contribution >= 0.6 is 0 Å². The number of hydrogen-bond acceptors (Lipinski definition) is 13. The van der Waals surface area contributed by atoms with E-state index in [4.69, 9.17) is 35.9 Å². The number of nitrogens with two attached hydrogens (primary N) is 1. The van der Waals surface area contributed by atoms with Gasteiger partial charge in [-0.25, -0.2) is 0 Å². The van der Waals surface area contributed by atoms with Gasteiger partial charge in [0.05, 0.1) is 29.6 Å². The third kappa shape index (κ3) is 10.7. The van der Waals surface area contributed by atoms with Gasteiger partial charge in [0, 0.05) is 50.4 Å². The van der Waals surface area contributed by atoms with Gasteiger partial charge in [-0.05, 0) is 79.7 Å². The molecule has 1 aliphatic carbocycles. The van der Waals surface area contributed by atoms with Crippen LogP contribution in [0.5, 0.6) is 0 Å². The van der Waals surface area contributed by atoms with Gasteiger partial charge >= 0.3 is 5.97 Å². The number of rotatable bonds is 9. The smallest absolute Gasteiger partial charge is 0.316 e. The van der Waals surface area contributed by atoms with Gasteiger partial charge in [-0.3, -0.25) is 14.5 Å². The van der Waals surface area contributed by atoms with Gasteiger partial charge in [0.1, 0.15) is 35.6 Å². The number of carbonyl (C=O) groups excluding carboxylic acids is 2. The van der Waals surface area contributed by atoms with Crippen molar-refractivity contribution in [3.8, 4) is 12.3 Å². The van der Waals surface area contributed by atoms with Gasteiger partial charge in [-0.1, -0.05) is 25.9 Å². The highest BCUT2D eigenvalue weighted by Crippen LogP contribution is 2.37. The lowest BCUT2D eigenvalue weighted by molar-refractivity contribution is -0.290. The first-order valence-electron chi connectivity index (χ1n) is 18.7. The summed E-state index contributed by atoms with van der Waals surface area (Å²) >= 11 is 0. The molecule has 0 unspecified atom stereocenters. The van der Waals surface area contributed by atoms with Crippen LogP contribution in [0, 0.1) is 30.1 Å². The van der Waals surface area contributed by atoms with Gasteiger partial charge in [0.25, 0.3) is 0 Å². The number of ketones is 1. The zero-order valence-electron chi connectivity index (χ0n) is 32.2. The third-order valence-corrected chi connectivity index (χ3v) is 11.5. The molecule has 3 aliphatic rings. The molecule has 0 aromatic rings. The molecule has 13 heteroatoms. The monoisotopic (exact) mass is 723 g/mol. The Kier molecular flexibility index (Phi) is 15.9. The summed E-state index contributed by atoms with van der Waals surface area (Å²) in [6.07, 6.45) is 3.63. The number of likely N-dealkylation sites (N-methyl/N-ethyl adjacent to an activating group) is 1. The van der Waals surface area contributed by atoms with Crippen molar-refractivity contribution >= 4 is 17.5 Å². The van der Waals surface area contributed by atoms with Crippen molar-refractivity contribution in [2.75, 3.05) is 20.7 Å². The normalized spacial score (nSPS) is 43.0. The predicted molar refractivity (Wildman–Crippen MR) is 192 cm³/mol. The average molecular weight is 724 g/mol. The molecule has 3 rings (SSSR count). The Balaban J connectivity index is 2.07. The number of esters is 1. The zero-order valence-corrected chi connectivity index (χ0v) is 32.2. The average Bonchev–Trinajstić information content (AvgIpc) is 3.09. The maximum absolute atomic E-state index is 13.9. The zero-order chi connectivity index (χ0) is 38.3. The molecule has 0 bridgehead atoms. The summed E-state index contributed by atoms with van der Waals surface area (Å²) in [5.41, 5.74) is 3.49. The number of nitrogens with zero attached hydrogens (tertiary/aromatic N) is 2. The van der Waals surface area contributed by atoms with Crippen LogP contribution in [0.3, 0.4) is 0 Å². The second-order valence-electron chi connectivity index (χ2n) is 15.6. The van der Waals surface area contributed by atoms with Crippen molar-refractivity contribution in [1.29, 1.82) is 0 Å². The lowest BCUT2D eigenvalue weighted by Crippen LogP contribution is -2.58. The van der Waals surface area contributed by atoms with Gasteiger partial charge in [0.2, 0.25) is 0 Å². The van der Waals surface area contributed by atoms with Crippen LogP contribution in [0.2, 0.25) is 0 Å². The number of hydrogen-bond donors (Lipinski definition) is 4. The van der Waals surface area contributed by atoms with E-state index in [1.807, 2.05) is 25.8 Å². The maximum atomic E-state index is 13.9. The number of terminal acetylenes is 1. The fourth-order valence-corrected chi connectivity index (χ4v) is 7.77. The Labute approximate surface area is 304 Å². The number of carbonyl (C=O) groups is 2. The number of cyclic esters (lactones) is 1. The number of Topliss-reactive ketones (excluding diaryl/α,β-unsaturated/α-hetero) is 1. The predicted octanol–water partition coefficient (Wildman–Crippen LogP) is 2.94. The number of oxime groups is 1. The molecule has 0 aromatic heterocycles. The van der Waals surface area contributed by atoms with E-state index >= 15 is 0 Å². The minimum atomic E-state index is -1.89. The topological polar surface area (TPSA) is 183 Å². The van der Waals surface area contributed by atoms with Crippen molar-refractivity contribution in [3.05, 3.63) is 0 Å². The summed E-state index contributed by atoms with van der Waals surface area (Å²) in [7, 11) is 3.40. The van der Waals surface area contributed by atoms with Crippen LogP contribution in [-0.2, 0) is 33.4 Å². The molecule has 0 radical (unpaired) electrons. The molecular weight excluding hydrogens is 658 g/mol. The second-order valence-corrected chi connectivity index (χ2v) is 15.6. The highest BCUT2D eigenvalue weighted by molar-refractivity contribution is 5.99. The SMILES string of the molecule is C#CCCN(C)[C@H]1C[C@@H](C)O[C@@H](O[C@@H]2CC(=O)[C@@H](C)C(=O)O[C@H](CC)[C@@](C)(O)[C@H](O)[C@@H](C)/C(=N/OC3CCC(N)CC3)[C@H](C)C[C@@]2(C)OC)[C@@H]1O. The molecule has 2 heterocycles. The van der Waals surface area contributed by atoms with Crippen LogP contribution in [0.15, 0.2) is 5.16 Å². The van der Waals surface area contributed by atoms with E-state index in [0.717, 1.165) is 25.7 Å². The molecule has 0 spiro atoms. The summed E-state index contributed by atoms with van der Waals surface area (Å²) in [4.78, 5) is 35.4. The minimum Gasteiger partial charge on any atom is -0.459 e. The van der Waals surface area contributed by atoms with Gasteiger partial charge in [0.15, 0.2) is 6.29 Å². The molecule has 0 amide bonds. The summed E-state index contributed by atoms with van der Waals surface area (Å²) in [6.45, 7) is 12.6. The number of ether oxygens (including phenoxy) is 4. The summed E-state index contributed by atoms with van der Waals surface area (Å²) in [6, 6.07) is -0.206. The lowest BCUT2D eigenvalue weighted by atomic mass is 9.75. The fourth-order valence-electron chi connectivity index (χ4n) is 7.77. The standard InChI is InChI=1S/C38H65N3O10/c1-11-13-18-41(9)28-19-23(4)48-36(33(28)43)50-31-20-29(42)24(5)35(45)49-30(12-2)38(8,46)34(44)25(6)32(22(3)21-37(31,7)47-10)40-51-27-16-14-26(39)15-17-27/h1,22-28,30-31,33-34,36,43-44,46H,12-21,39H2,2-10H3/b40-32+/t22-,23-,24-,25+,26?,27?,28+,30-,31-,33-,34-,36+,37-,38-/m1/s1. The minimum absolute atomic E-state index is 0.119. The Bertz CT molecular complexity index is 1220. The van der Waals surface area contributed by atoms with E-state index in [9.17, 15) is 24.9 Å². The van der Waals surface area contributed by atoms with Crippen molar-refractivity contribution in [1.82, 2.24) is 4.90 Å². The Morgan fingerprint density at radius 1 is 1.12 bits per heavy atom. The summed E-state index contributed by atoms with van der Waals surface area (Å²) < 4.78 is 24.6. The van der Waals surface area contributed by atoms with Crippen molar-refractivity contribution < 1.29 is 48.7 Å². The molecular formula is C38H65N3O10. The first-order valence-corrected chi connectivity index (χ1v) is 18.7. The van der Waals surface area contributed by atoms with Crippen LogP contribution in [0.25, 0.3) is 0 Å². The molecule has 51 heavy (non-hydrogen) atoms. The molecule has 3 fully saturated rings. The highest BCUT2D eigenvalue weighted by atomic mass is 16.7. The van der Waals surface area contributed by atoms with E-state index in [1.54, 1.807) is 20.8 Å². The molecule has 292 valence electrons. The first-order chi connectivity index (χ1) is 23.9. The maximum Gasteiger partial charge on any atom is 0.316 e. The third-order valence-electron chi connectivity index (χ3n) is 11.5. The lowest BCUT2D eigenvalue weighted by Gasteiger charge is -2.46. The number of aliphatic hydroxyl groups is 3. The van der Waals surface area contributed by atoms with Crippen LogP contribution in [-0.4, -0.2) is 125 Å². The van der Waals surface area contributed by atoms with Crippen molar-refractivity contribution in [2.45, 2.75) is 172 Å². The van der Waals surface area contributed by atoms with E-state index in [0.29, 0.717) is 25.1 Å². The van der Waals surface area contributed by atoms with Crippen molar-refractivity contribution in [2.24, 2.45) is 28.6 Å². The quantitative estimate of drug-likeness (QED) is 0.118. The fraction of sp³-hybridized carbons (Fsp3) is 0.868.